The van der Waals surface area contributed by atoms with Crippen molar-refractivity contribution in [2.45, 2.75) is 86.2 Å². The van der Waals surface area contributed by atoms with E-state index in [0.29, 0.717) is 12.8 Å². The standard InChI is InChI=1S/C12H20O3.C12H18O2.CH4S/c1-9(13)7-5-4-6-8-12(15)10(2)11(3)14;1-4-6-10-7-5-8-11(14)12(10,3)9(2)13;1-2/h5,7,9-10,13H,4,6,8H2,1-3H3;4,6,10H,5,7-8H2,1-3H3;2H,1H3/b7-5+;6-4+;. The fraction of sp³-hybridized carbons (Fsp3) is 0.680. The first kappa shape index (κ1) is 31.7. The number of aliphatic hydroxyl groups is 1. The Bertz CT molecular complexity index is 636. The molecule has 6 heteroatoms. The molecule has 1 rings (SSSR count). The summed E-state index contributed by atoms with van der Waals surface area (Å²) in [7, 11) is 0. The van der Waals surface area contributed by atoms with Crippen LogP contribution in [0.3, 0.4) is 0 Å². The molecular weight excluding hydrogens is 412 g/mol. The Labute approximate surface area is 194 Å². The van der Waals surface area contributed by atoms with E-state index in [4.69, 9.17) is 5.11 Å². The normalized spacial score (nSPS) is 22.7. The molecule has 0 aliphatic heterocycles. The summed E-state index contributed by atoms with van der Waals surface area (Å²) in [5.74, 6) is -0.311. The molecule has 1 N–H and O–H groups in total. The van der Waals surface area contributed by atoms with Gasteiger partial charge in [0.1, 0.15) is 23.1 Å². The molecule has 0 spiro atoms. The molecule has 1 aliphatic carbocycles. The van der Waals surface area contributed by atoms with Crippen LogP contribution in [0.1, 0.15) is 80.1 Å². The van der Waals surface area contributed by atoms with Crippen LogP contribution in [-0.2, 0) is 19.2 Å². The number of Topliss-reactive ketones (excluding diaryl/α,β-unsaturated/α-hetero) is 4. The fourth-order valence-corrected chi connectivity index (χ4v) is 3.35. The van der Waals surface area contributed by atoms with Crippen LogP contribution in [0.2, 0.25) is 0 Å². The van der Waals surface area contributed by atoms with Gasteiger partial charge in [-0.25, -0.2) is 0 Å². The second-order valence-electron chi connectivity index (χ2n) is 8.07. The lowest BCUT2D eigenvalue weighted by atomic mass is 9.64. The lowest BCUT2D eigenvalue weighted by molar-refractivity contribution is -0.143. The Kier molecular flexibility index (Phi) is 17.4. The highest BCUT2D eigenvalue weighted by Crippen LogP contribution is 2.39. The number of hydrogen-bond acceptors (Lipinski definition) is 6. The highest BCUT2D eigenvalue weighted by molar-refractivity contribution is 7.79. The topological polar surface area (TPSA) is 88.5 Å². The van der Waals surface area contributed by atoms with Gasteiger partial charge in [-0.3, -0.25) is 19.2 Å². The average molecular weight is 455 g/mol. The predicted octanol–water partition coefficient (Wildman–Crippen LogP) is 4.96. The van der Waals surface area contributed by atoms with Crippen molar-refractivity contribution >= 4 is 35.8 Å². The molecule has 178 valence electrons. The summed E-state index contributed by atoms with van der Waals surface area (Å²) in [6, 6.07) is 0. The highest BCUT2D eigenvalue weighted by Gasteiger charge is 2.45. The van der Waals surface area contributed by atoms with E-state index in [0.717, 1.165) is 25.7 Å². The number of carbonyl (C=O) groups excluding carboxylic acids is 4. The van der Waals surface area contributed by atoms with Gasteiger partial charge in [0, 0.05) is 12.8 Å². The molecular formula is C25H42O5S. The van der Waals surface area contributed by atoms with Crippen molar-refractivity contribution in [3.8, 4) is 0 Å². The molecule has 0 bridgehead atoms. The van der Waals surface area contributed by atoms with E-state index in [2.05, 4.69) is 12.6 Å². The zero-order valence-electron chi connectivity index (χ0n) is 20.3. The van der Waals surface area contributed by atoms with E-state index >= 15 is 0 Å². The van der Waals surface area contributed by atoms with Crippen LogP contribution in [0.15, 0.2) is 24.3 Å². The first-order chi connectivity index (χ1) is 14.5. The van der Waals surface area contributed by atoms with Crippen molar-refractivity contribution in [1.82, 2.24) is 0 Å². The fourth-order valence-electron chi connectivity index (χ4n) is 3.35. The number of carbonyl (C=O) groups is 4. The Balaban J connectivity index is 0. The second-order valence-corrected chi connectivity index (χ2v) is 8.07. The van der Waals surface area contributed by atoms with Gasteiger partial charge in [0.25, 0.3) is 0 Å². The van der Waals surface area contributed by atoms with Crippen LogP contribution in [0.4, 0.5) is 0 Å². The summed E-state index contributed by atoms with van der Waals surface area (Å²) in [6.07, 6.45) is 13.1. The third-order valence-electron chi connectivity index (χ3n) is 5.70. The van der Waals surface area contributed by atoms with E-state index in [1.54, 1.807) is 33.1 Å². The van der Waals surface area contributed by atoms with Gasteiger partial charge in [-0.2, -0.15) is 12.6 Å². The minimum atomic E-state index is -0.759. The Morgan fingerprint density at radius 1 is 1.23 bits per heavy atom. The molecule has 0 aromatic carbocycles. The first-order valence-electron chi connectivity index (χ1n) is 11.0. The van der Waals surface area contributed by atoms with E-state index in [-0.39, 0.29) is 29.1 Å². The molecule has 0 heterocycles. The molecule has 1 aliphatic rings. The van der Waals surface area contributed by atoms with Gasteiger partial charge >= 0.3 is 0 Å². The predicted molar refractivity (Wildman–Crippen MR) is 130 cm³/mol. The molecule has 4 unspecified atom stereocenters. The molecule has 0 saturated heterocycles. The number of unbranched alkanes of at least 4 members (excludes halogenated alkanes) is 1. The minimum Gasteiger partial charge on any atom is -0.389 e. The van der Waals surface area contributed by atoms with Crippen LogP contribution in [0.25, 0.3) is 0 Å². The summed E-state index contributed by atoms with van der Waals surface area (Å²) in [5.41, 5.74) is -0.759. The molecule has 0 aromatic rings. The Morgan fingerprint density at radius 2 is 1.81 bits per heavy atom. The van der Waals surface area contributed by atoms with Crippen LogP contribution in [-0.4, -0.2) is 40.6 Å². The van der Waals surface area contributed by atoms with Crippen molar-refractivity contribution < 1.29 is 24.3 Å². The zero-order chi connectivity index (χ0) is 24.6. The zero-order valence-corrected chi connectivity index (χ0v) is 21.2. The van der Waals surface area contributed by atoms with Crippen LogP contribution in [0.5, 0.6) is 0 Å². The SMILES string of the molecule is C/C=C/C1CCCC(=O)C1(C)C(C)=O.CC(=O)C(C)C(=O)CCC/C=C/C(C)O.CS. The van der Waals surface area contributed by atoms with Gasteiger partial charge < -0.3 is 5.11 Å². The third kappa shape index (κ3) is 11.6. The Hall–Kier alpha value is -1.53. The molecule has 4 atom stereocenters. The van der Waals surface area contributed by atoms with Crippen molar-refractivity contribution in [2.24, 2.45) is 17.3 Å². The van der Waals surface area contributed by atoms with E-state index in [1.165, 1.54) is 13.8 Å². The van der Waals surface area contributed by atoms with Gasteiger partial charge in [-0.15, -0.1) is 0 Å². The monoisotopic (exact) mass is 454 g/mol. The summed E-state index contributed by atoms with van der Waals surface area (Å²) in [5, 5.41) is 8.92. The summed E-state index contributed by atoms with van der Waals surface area (Å²) in [4.78, 5) is 45.6. The quantitative estimate of drug-likeness (QED) is 0.222. The van der Waals surface area contributed by atoms with E-state index < -0.39 is 17.4 Å². The smallest absolute Gasteiger partial charge is 0.146 e. The minimum absolute atomic E-state index is 0.00491. The van der Waals surface area contributed by atoms with E-state index in [1.807, 2.05) is 25.2 Å². The van der Waals surface area contributed by atoms with Crippen LogP contribution in [0, 0.1) is 17.3 Å². The molecule has 0 aromatic heterocycles. The molecule has 1 saturated carbocycles. The molecule has 5 nitrogen and oxygen atoms in total. The van der Waals surface area contributed by atoms with Gasteiger partial charge in [0.15, 0.2) is 0 Å². The number of hydrogen-bond donors (Lipinski definition) is 2. The van der Waals surface area contributed by atoms with Gasteiger partial charge in [0.2, 0.25) is 0 Å². The third-order valence-corrected chi connectivity index (χ3v) is 5.70. The average Bonchev–Trinajstić information content (AvgIpc) is 2.72. The van der Waals surface area contributed by atoms with Crippen molar-refractivity contribution in [1.29, 1.82) is 0 Å². The van der Waals surface area contributed by atoms with Crippen molar-refractivity contribution in [3.05, 3.63) is 24.3 Å². The number of allylic oxidation sites excluding steroid dienone is 3. The van der Waals surface area contributed by atoms with Crippen LogP contribution < -0.4 is 0 Å². The summed E-state index contributed by atoms with van der Waals surface area (Å²) >= 11 is 3.53. The number of thiol groups is 1. The maximum Gasteiger partial charge on any atom is 0.146 e. The van der Waals surface area contributed by atoms with Crippen molar-refractivity contribution in [2.75, 3.05) is 6.26 Å². The van der Waals surface area contributed by atoms with Crippen molar-refractivity contribution in [3.63, 3.8) is 0 Å². The Morgan fingerprint density at radius 3 is 2.26 bits per heavy atom. The number of aliphatic hydroxyl groups excluding tert-OH is 1. The van der Waals surface area contributed by atoms with Crippen LogP contribution >= 0.6 is 12.6 Å². The highest BCUT2D eigenvalue weighted by atomic mass is 32.1. The molecule has 0 radical (unpaired) electrons. The second kappa shape index (κ2) is 17.1. The molecule has 31 heavy (non-hydrogen) atoms. The molecule has 0 amide bonds. The van der Waals surface area contributed by atoms with Gasteiger partial charge in [-0.05, 0) is 79.4 Å². The largest absolute Gasteiger partial charge is 0.389 e. The first-order valence-corrected chi connectivity index (χ1v) is 11.9. The lowest BCUT2D eigenvalue weighted by Gasteiger charge is -2.36. The number of rotatable bonds is 9. The van der Waals surface area contributed by atoms with Gasteiger partial charge in [-0.1, -0.05) is 24.3 Å². The maximum absolute atomic E-state index is 11.8. The van der Waals surface area contributed by atoms with E-state index in [9.17, 15) is 19.2 Å². The van der Waals surface area contributed by atoms with Gasteiger partial charge in [0.05, 0.1) is 17.4 Å². The lowest BCUT2D eigenvalue weighted by Crippen LogP contribution is -2.44. The number of ketones is 4. The summed E-state index contributed by atoms with van der Waals surface area (Å²) in [6.45, 7) is 10.0. The maximum atomic E-state index is 11.8. The summed E-state index contributed by atoms with van der Waals surface area (Å²) < 4.78 is 0. The molecule has 1 fully saturated rings.